The molecule has 3 N–H and O–H groups in total. The first kappa shape index (κ1) is 18.5. The molecule has 2 rings (SSSR count). The lowest BCUT2D eigenvalue weighted by Gasteiger charge is -2.24. The summed E-state index contributed by atoms with van der Waals surface area (Å²) in [6, 6.07) is 7.41. The number of nitrogens with two attached hydrogens (primary N) is 1. The first-order valence-corrected chi connectivity index (χ1v) is 7.73. The van der Waals surface area contributed by atoms with Crippen molar-refractivity contribution in [2.75, 3.05) is 18.2 Å². The zero-order valence-electron chi connectivity index (χ0n) is 14.0. The van der Waals surface area contributed by atoms with Crippen molar-refractivity contribution in [2.45, 2.75) is 19.4 Å². The number of carbonyl (C=O) groups is 2. The normalized spacial score (nSPS) is 11.0. The Kier molecular flexibility index (Phi) is 5.18. The van der Waals surface area contributed by atoms with E-state index in [1.54, 1.807) is 19.9 Å². The smallest absolute Gasteiger partial charge is 0.331 e. The lowest BCUT2D eigenvalue weighted by atomic mass is 10.1. The average Bonchev–Trinajstić information content (AvgIpc) is 2.58. The Hall–Kier alpha value is -2.80. The number of aromatic nitrogens is 1. The maximum Gasteiger partial charge on any atom is 0.331 e. The second kappa shape index (κ2) is 6.98. The van der Waals surface area contributed by atoms with Gasteiger partial charge in [0.2, 0.25) is 0 Å². The van der Waals surface area contributed by atoms with Crippen LogP contribution in [0.15, 0.2) is 41.3 Å². The maximum atomic E-state index is 12.6. The number of amides is 1. The number of nitrogens with one attached hydrogen (secondary N) is 1. The van der Waals surface area contributed by atoms with Gasteiger partial charge in [-0.05, 0) is 44.2 Å². The van der Waals surface area contributed by atoms with E-state index in [1.165, 1.54) is 42.1 Å². The molecule has 7 nitrogen and oxygen atoms in total. The molecule has 0 spiro atoms. The number of carbonyl (C=O) groups excluding carboxylic acids is 2. The van der Waals surface area contributed by atoms with Gasteiger partial charge in [-0.25, -0.2) is 4.79 Å². The quantitative estimate of drug-likeness (QED) is 0.640. The van der Waals surface area contributed by atoms with Gasteiger partial charge in [-0.2, -0.15) is 0 Å². The monoisotopic (exact) mass is 363 g/mol. The highest BCUT2D eigenvalue weighted by molar-refractivity contribution is 6.33. The molecule has 0 atom stereocenters. The minimum atomic E-state index is -1.23. The Morgan fingerprint density at radius 2 is 1.96 bits per heavy atom. The molecule has 2 aromatic rings. The van der Waals surface area contributed by atoms with E-state index < -0.39 is 23.0 Å². The van der Waals surface area contributed by atoms with Crippen LogP contribution in [0.25, 0.3) is 0 Å². The lowest BCUT2D eigenvalue weighted by Crippen LogP contribution is -2.43. The molecular formula is C17H18ClN3O4. The van der Waals surface area contributed by atoms with Crippen LogP contribution in [0.4, 0.5) is 11.4 Å². The van der Waals surface area contributed by atoms with Crippen molar-refractivity contribution >= 4 is 34.9 Å². The summed E-state index contributed by atoms with van der Waals surface area (Å²) in [6.07, 6.45) is 1.45. The second-order valence-electron chi connectivity index (χ2n) is 5.84. The van der Waals surface area contributed by atoms with E-state index in [2.05, 4.69) is 5.32 Å². The molecule has 1 aromatic heterocycles. The summed E-state index contributed by atoms with van der Waals surface area (Å²) in [5.41, 5.74) is 4.48. The fourth-order valence-electron chi connectivity index (χ4n) is 2.24. The Balaban J connectivity index is 2.37. The molecule has 0 saturated heterocycles. The zero-order valence-corrected chi connectivity index (χ0v) is 14.8. The van der Waals surface area contributed by atoms with E-state index in [4.69, 9.17) is 22.1 Å². The molecule has 0 radical (unpaired) electrons. The van der Waals surface area contributed by atoms with Gasteiger partial charge in [0, 0.05) is 11.8 Å². The number of nitrogens with zero attached hydrogens (tertiary/aromatic N) is 1. The summed E-state index contributed by atoms with van der Waals surface area (Å²) >= 11 is 5.91. The number of nitrogen functional groups attached to an aromatic ring is 1. The highest BCUT2D eigenvalue weighted by atomic mass is 35.5. The molecule has 8 heteroatoms. The average molecular weight is 364 g/mol. The summed E-state index contributed by atoms with van der Waals surface area (Å²) in [5.74, 6) is -1.10. The first-order chi connectivity index (χ1) is 11.7. The molecule has 0 fully saturated rings. The molecule has 1 aromatic carbocycles. The van der Waals surface area contributed by atoms with Crippen LogP contribution in [0, 0.1) is 0 Å². The summed E-state index contributed by atoms with van der Waals surface area (Å²) in [4.78, 5) is 36.9. The van der Waals surface area contributed by atoms with Crippen LogP contribution >= 0.6 is 11.6 Å². The number of esters is 1. The molecule has 0 bridgehead atoms. The van der Waals surface area contributed by atoms with Gasteiger partial charge < -0.3 is 15.8 Å². The summed E-state index contributed by atoms with van der Waals surface area (Å²) < 4.78 is 5.93. The highest BCUT2D eigenvalue weighted by Crippen LogP contribution is 2.20. The number of benzene rings is 1. The van der Waals surface area contributed by atoms with E-state index in [1.807, 2.05) is 0 Å². The molecule has 0 unspecified atom stereocenters. The number of hydrogen-bond acceptors (Lipinski definition) is 5. The van der Waals surface area contributed by atoms with Crippen molar-refractivity contribution in [1.29, 1.82) is 0 Å². The molecule has 0 aliphatic rings. The summed E-state index contributed by atoms with van der Waals surface area (Å²) in [6.45, 7) is 3.09. The molecule has 1 heterocycles. The van der Waals surface area contributed by atoms with E-state index in [9.17, 15) is 14.4 Å². The van der Waals surface area contributed by atoms with Crippen LogP contribution in [0.5, 0.6) is 0 Å². The minimum absolute atomic E-state index is 0.0254. The van der Waals surface area contributed by atoms with Crippen LogP contribution in [0.1, 0.15) is 24.2 Å². The van der Waals surface area contributed by atoms with Gasteiger partial charge in [-0.1, -0.05) is 11.6 Å². The number of hydrogen-bond donors (Lipinski definition) is 2. The van der Waals surface area contributed by atoms with Crippen molar-refractivity contribution in [1.82, 2.24) is 4.57 Å². The van der Waals surface area contributed by atoms with Gasteiger partial charge in [0.25, 0.3) is 11.5 Å². The van der Waals surface area contributed by atoms with Crippen LogP contribution in [-0.2, 0) is 15.1 Å². The van der Waals surface area contributed by atoms with Gasteiger partial charge in [0.05, 0.1) is 17.8 Å². The Labute approximate surface area is 149 Å². The van der Waals surface area contributed by atoms with Crippen molar-refractivity contribution in [3.05, 3.63) is 57.5 Å². The molecule has 25 heavy (non-hydrogen) atoms. The summed E-state index contributed by atoms with van der Waals surface area (Å²) in [5, 5.41) is 2.76. The van der Waals surface area contributed by atoms with E-state index >= 15 is 0 Å². The highest BCUT2D eigenvalue weighted by Gasteiger charge is 2.32. The van der Waals surface area contributed by atoms with E-state index in [0.717, 1.165) is 0 Å². The molecule has 132 valence electrons. The van der Waals surface area contributed by atoms with Crippen molar-refractivity contribution < 1.29 is 14.3 Å². The van der Waals surface area contributed by atoms with Crippen LogP contribution in [0.2, 0.25) is 5.02 Å². The number of rotatable bonds is 4. The number of anilines is 2. The third-order valence-corrected chi connectivity index (χ3v) is 4.07. The van der Waals surface area contributed by atoms with Crippen LogP contribution in [-0.4, -0.2) is 23.6 Å². The van der Waals surface area contributed by atoms with Crippen LogP contribution < -0.4 is 16.6 Å². The summed E-state index contributed by atoms with van der Waals surface area (Å²) in [7, 11) is 1.24. The Morgan fingerprint density at radius 3 is 2.56 bits per heavy atom. The SMILES string of the molecule is COC(=O)C(C)(C)n1cccc(NC(=O)c2ccc(N)c(Cl)c2)c1=O. The standard InChI is InChI=1S/C17H18ClN3O4/c1-17(2,16(24)25-3)21-8-4-5-13(15(21)23)20-14(22)10-6-7-12(19)11(18)9-10/h4-9H,19H2,1-3H3,(H,20,22). The topological polar surface area (TPSA) is 103 Å². The fourth-order valence-corrected chi connectivity index (χ4v) is 2.42. The number of halogens is 1. The Bertz CT molecular complexity index is 890. The predicted octanol–water partition coefficient (Wildman–Crippen LogP) is 2.24. The largest absolute Gasteiger partial charge is 0.467 e. The van der Waals surface area contributed by atoms with Gasteiger partial charge >= 0.3 is 5.97 Å². The Morgan fingerprint density at radius 1 is 1.28 bits per heavy atom. The second-order valence-corrected chi connectivity index (χ2v) is 6.25. The van der Waals surface area contributed by atoms with Crippen molar-refractivity contribution in [2.24, 2.45) is 0 Å². The van der Waals surface area contributed by atoms with Gasteiger partial charge in [0.1, 0.15) is 11.2 Å². The molecule has 0 aliphatic carbocycles. The molecular weight excluding hydrogens is 346 g/mol. The number of ether oxygens (including phenoxy) is 1. The van der Waals surface area contributed by atoms with Crippen molar-refractivity contribution in [3.8, 4) is 0 Å². The van der Waals surface area contributed by atoms with E-state index in [-0.39, 0.29) is 16.3 Å². The van der Waals surface area contributed by atoms with Gasteiger partial charge in [-0.15, -0.1) is 0 Å². The molecule has 0 saturated carbocycles. The van der Waals surface area contributed by atoms with Crippen molar-refractivity contribution in [3.63, 3.8) is 0 Å². The van der Waals surface area contributed by atoms with Gasteiger partial charge in [-0.3, -0.25) is 14.2 Å². The predicted molar refractivity (Wildman–Crippen MR) is 95.9 cm³/mol. The number of methoxy groups -OCH3 is 1. The van der Waals surface area contributed by atoms with E-state index in [0.29, 0.717) is 5.69 Å². The third-order valence-electron chi connectivity index (χ3n) is 3.75. The van der Waals surface area contributed by atoms with Gasteiger partial charge in [0.15, 0.2) is 0 Å². The lowest BCUT2D eigenvalue weighted by molar-refractivity contribution is -0.149. The third kappa shape index (κ3) is 3.66. The van der Waals surface area contributed by atoms with Crippen LogP contribution in [0.3, 0.4) is 0 Å². The minimum Gasteiger partial charge on any atom is -0.467 e. The maximum absolute atomic E-state index is 12.6. The fraction of sp³-hybridized carbons (Fsp3) is 0.235. The molecule has 1 amide bonds. The first-order valence-electron chi connectivity index (χ1n) is 7.35. The zero-order chi connectivity index (χ0) is 18.8. The molecule has 0 aliphatic heterocycles. The number of pyridine rings is 1.